The Balaban J connectivity index is 3.01. The maximum Gasteiger partial charge on any atom is 0.220 e. The summed E-state index contributed by atoms with van der Waals surface area (Å²) < 4.78 is 9.91. The Hall–Kier alpha value is -0.970. The SMILES string of the molecule is COc1cc(OC)n[14c](SC)n1. The van der Waals surface area contributed by atoms with E-state index in [-0.39, 0.29) is 0 Å². The molecule has 1 aromatic rings. The molecule has 12 heavy (non-hydrogen) atoms. The summed E-state index contributed by atoms with van der Waals surface area (Å²) in [5.41, 5.74) is 0. The van der Waals surface area contributed by atoms with Gasteiger partial charge in [0.1, 0.15) is 0 Å². The maximum atomic E-state index is 4.95. The summed E-state index contributed by atoms with van der Waals surface area (Å²) in [5, 5.41) is 0.645. The average Bonchev–Trinajstić information content (AvgIpc) is 2.16. The van der Waals surface area contributed by atoms with E-state index in [4.69, 9.17) is 9.47 Å². The fraction of sp³-hybridized carbons (Fsp3) is 0.429. The molecule has 0 N–H and O–H groups in total. The van der Waals surface area contributed by atoms with Crippen LogP contribution in [0.5, 0.6) is 11.8 Å². The summed E-state index contributed by atoms with van der Waals surface area (Å²) in [6.45, 7) is 0. The van der Waals surface area contributed by atoms with E-state index >= 15 is 0 Å². The van der Waals surface area contributed by atoms with Crippen LogP contribution in [0.4, 0.5) is 0 Å². The van der Waals surface area contributed by atoms with E-state index in [2.05, 4.69) is 9.97 Å². The molecule has 1 aromatic heterocycles. The molecule has 0 saturated heterocycles. The molecule has 0 aromatic carbocycles. The molecule has 0 unspecified atom stereocenters. The minimum atomic E-state index is 0.520. The van der Waals surface area contributed by atoms with Crippen LogP contribution in [0.25, 0.3) is 0 Å². The lowest BCUT2D eigenvalue weighted by Gasteiger charge is -2.03. The van der Waals surface area contributed by atoms with Gasteiger partial charge < -0.3 is 9.47 Å². The number of hydrogen-bond acceptors (Lipinski definition) is 5. The standard InChI is InChI=1S/C7H10N2O2S/c1-10-5-4-6(11-2)9-7(8-5)12-3/h4H,1-3H3/i7+2. The first-order valence-corrected chi connectivity index (χ1v) is 4.53. The van der Waals surface area contributed by atoms with E-state index < -0.39 is 0 Å². The Labute approximate surface area is 75.3 Å². The Bertz CT molecular complexity index is 212. The van der Waals surface area contributed by atoms with E-state index in [9.17, 15) is 0 Å². The molecule has 1 heterocycles. The van der Waals surface area contributed by atoms with Crippen molar-refractivity contribution in [3.63, 3.8) is 0 Å². The lowest BCUT2D eigenvalue weighted by molar-refractivity contribution is 0.364. The highest BCUT2D eigenvalue weighted by atomic mass is 32.2. The first kappa shape index (κ1) is 9.12. The van der Waals surface area contributed by atoms with Crippen LogP contribution < -0.4 is 9.47 Å². The van der Waals surface area contributed by atoms with E-state index in [0.717, 1.165) is 0 Å². The van der Waals surface area contributed by atoms with Crippen LogP contribution in [-0.2, 0) is 0 Å². The molecule has 0 fully saturated rings. The van der Waals surface area contributed by atoms with Crippen molar-refractivity contribution in [1.82, 2.24) is 9.97 Å². The fourth-order valence-electron chi connectivity index (χ4n) is 0.684. The molecule has 5 heteroatoms. The Morgan fingerprint density at radius 1 is 1.25 bits per heavy atom. The van der Waals surface area contributed by atoms with Gasteiger partial charge in [-0.3, -0.25) is 0 Å². The van der Waals surface area contributed by atoms with Crippen LogP contribution in [0, 0.1) is 0 Å². The van der Waals surface area contributed by atoms with Gasteiger partial charge in [0.15, 0.2) is 5.16 Å². The van der Waals surface area contributed by atoms with Crippen molar-refractivity contribution in [1.29, 1.82) is 0 Å². The molecular formula is C7H10N2O2S. The van der Waals surface area contributed by atoms with Crippen LogP contribution in [0.1, 0.15) is 0 Å². The van der Waals surface area contributed by atoms with Gasteiger partial charge in [-0.05, 0) is 6.26 Å². The zero-order chi connectivity index (χ0) is 8.97. The molecule has 66 valence electrons. The van der Waals surface area contributed by atoms with Crippen molar-refractivity contribution in [3.8, 4) is 11.8 Å². The first-order chi connectivity index (χ1) is 5.80. The maximum absolute atomic E-state index is 4.95. The molecule has 0 amide bonds. The summed E-state index contributed by atoms with van der Waals surface area (Å²) in [4.78, 5) is 8.14. The van der Waals surface area contributed by atoms with Crippen molar-refractivity contribution in [2.45, 2.75) is 5.16 Å². The summed E-state index contributed by atoms with van der Waals surface area (Å²) >= 11 is 1.45. The molecule has 0 bridgehead atoms. The number of nitrogens with zero attached hydrogens (tertiary/aromatic N) is 2. The van der Waals surface area contributed by atoms with Crippen LogP contribution >= 0.6 is 11.8 Å². The van der Waals surface area contributed by atoms with Crippen LogP contribution in [0.2, 0.25) is 0 Å². The highest BCUT2D eigenvalue weighted by molar-refractivity contribution is 7.98. The topological polar surface area (TPSA) is 44.2 Å². The second-order valence-electron chi connectivity index (χ2n) is 1.94. The van der Waals surface area contributed by atoms with Gasteiger partial charge in [0, 0.05) is 0 Å². The lowest BCUT2D eigenvalue weighted by atomic mass is 10.6. The van der Waals surface area contributed by atoms with E-state index in [0.29, 0.717) is 16.9 Å². The number of hydrogen-bond donors (Lipinski definition) is 0. The molecule has 0 spiro atoms. The van der Waals surface area contributed by atoms with Gasteiger partial charge in [0.05, 0.1) is 20.3 Å². The van der Waals surface area contributed by atoms with Gasteiger partial charge in [0.2, 0.25) is 11.8 Å². The summed E-state index contributed by atoms with van der Waals surface area (Å²) in [5.74, 6) is 1.04. The van der Waals surface area contributed by atoms with Gasteiger partial charge in [-0.1, -0.05) is 11.8 Å². The number of methoxy groups -OCH3 is 2. The van der Waals surface area contributed by atoms with Gasteiger partial charge >= 0.3 is 0 Å². The van der Waals surface area contributed by atoms with Gasteiger partial charge in [-0.15, -0.1) is 0 Å². The second-order valence-corrected chi connectivity index (χ2v) is 2.71. The smallest absolute Gasteiger partial charge is 0.220 e. The third-order valence-electron chi connectivity index (χ3n) is 1.26. The summed E-state index contributed by atoms with van der Waals surface area (Å²) in [7, 11) is 3.12. The minimum absolute atomic E-state index is 0.520. The Morgan fingerprint density at radius 2 is 1.75 bits per heavy atom. The molecule has 0 aliphatic heterocycles. The number of ether oxygens (including phenoxy) is 2. The number of thioether (sulfide) groups is 1. The van der Waals surface area contributed by atoms with Crippen molar-refractivity contribution >= 4 is 11.8 Å². The predicted octanol–water partition coefficient (Wildman–Crippen LogP) is 1.22. The molecule has 0 atom stereocenters. The van der Waals surface area contributed by atoms with E-state index in [1.54, 1.807) is 20.3 Å². The largest absolute Gasteiger partial charge is 0.481 e. The fourth-order valence-corrected chi connectivity index (χ4v) is 1.05. The molecule has 0 radical (unpaired) electrons. The second kappa shape index (κ2) is 4.15. The molecular weight excluding hydrogens is 178 g/mol. The zero-order valence-electron chi connectivity index (χ0n) is 7.20. The molecule has 0 aliphatic carbocycles. The van der Waals surface area contributed by atoms with Gasteiger partial charge in [0.25, 0.3) is 0 Å². The van der Waals surface area contributed by atoms with E-state index in [1.807, 2.05) is 6.26 Å². The zero-order valence-corrected chi connectivity index (χ0v) is 8.01. The Kier molecular flexibility index (Phi) is 3.16. The van der Waals surface area contributed by atoms with Crippen LogP contribution in [-0.4, -0.2) is 30.4 Å². The Morgan fingerprint density at radius 3 is 2.08 bits per heavy atom. The highest BCUT2D eigenvalue weighted by Gasteiger charge is 2.02. The monoisotopic (exact) mass is 188 g/mol. The van der Waals surface area contributed by atoms with Crippen molar-refractivity contribution in [2.24, 2.45) is 0 Å². The van der Waals surface area contributed by atoms with Crippen LogP contribution in [0.3, 0.4) is 0 Å². The van der Waals surface area contributed by atoms with Gasteiger partial charge in [-0.2, -0.15) is 9.97 Å². The van der Waals surface area contributed by atoms with Gasteiger partial charge in [-0.25, -0.2) is 0 Å². The molecule has 4 nitrogen and oxygen atoms in total. The minimum Gasteiger partial charge on any atom is -0.481 e. The molecule has 0 saturated carbocycles. The summed E-state index contributed by atoms with van der Waals surface area (Å²) in [6, 6.07) is 1.64. The molecule has 1 rings (SSSR count). The normalized spacial score (nSPS) is 9.58. The average molecular weight is 188 g/mol. The van der Waals surface area contributed by atoms with Crippen LogP contribution in [0.15, 0.2) is 11.2 Å². The third-order valence-corrected chi connectivity index (χ3v) is 1.81. The lowest BCUT2D eigenvalue weighted by Crippen LogP contribution is -1.95. The highest BCUT2D eigenvalue weighted by Crippen LogP contribution is 2.19. The summed E-state index contributed by atoms with van der Waals surface area (Å²) in [6.07, 6.45) is 1.90. The van der Waals surface area contributed by atoms with Crippen molar-refractivity contribution < 1.29 is 9.47 Å². The quantitative estimate of drug-likeness (QED) is 0.527. The third kappa shape index (κ3) is 2.01. The number of aromatic nitrogens is 2. The van der Waals surface area contributed by atoms with Crippen molar-refractivity contribution in [3.05, 3.63) is 6.07 Å². The number of rotatable bonds is 3. The van der Waals surface area contributed by atoms with Crippen molar-refractivity contribution in [2.75, 3.05) is 20.5 Å². The van der Waals surface area contributed by atoms with E-state index in [1.165, 1.54) is 11.8 Å². The molecule has 0 aliphatic rings. The predicted molar refractivity (Wildman–Crippen MR) is 46.9 cm³/mol. The first-order valence-electron chi connectivity index (χ1n) is 3.31.